The molecule has 0 bridgehead atoms. The molecule has 3 heterocycles. The zero-order chi connectivity index (χ0) is 27.9. The molecule has 1 atom stereocenters. The molecule has 2 aliphatic heterocycles. The monoisotopic (exact) mass is 570 g/mol. The van der Waals surface area contributed by atoms with E-state index in [1.165, 1.54) is 0 Å². The number of aromatic nitrogens is 1. The highest BCUT2D eigenvalue weighted by Gasteiger charge is 2.33. The van der Waals surface area contributed by atoms with Crippen LogP contribution in [0, 0.1) is 5.41 Å². The van der Waals surface area contributed by atoms with Crippen molar-refractivity contribution in [2.24, 2.45) is 0 Å². The molecule has 1 unspecified atom stereocenters. The number of phenolic OH excluding ortho intramolecular Hbond substituents is 1. The minimum Gasteiger partial charge on any atom is -0.505 e. The normalized spacial score (nSPS) is 18.5. The molecule has 1 saturated carbocycles. The third kappa shape index (κ3) is 6.25. The number of hydrogen-bond acceptors (Lipinski definition) is 8. The van der Waals surface area contributed by atoms with Crippen molar-refractivity contribution < 1.29 is 24.2 Å². The van der Waals surface area contributed by atoms with E-state index >= 15 is 0 Å². The van der Waals surface area contributed by atoms with Crippen LogP contribution in [0.1, 0.15) is 85.7 Å². The van der Waals surface area contributed by atoms with Crippen LogP contribution in [0.25, 0.3) is 0 Å². The number of hydrogen-bond donors (Lipinski definition) is 2. The highest BCUT2D eigenvalue weighted by Crippen LogP contribution is 2.41. The number of anilines is 1. The second kappa shape index (κ2) is 11.7. The van der Waals surface area contributed by atoms with E-state index < -0.39 is 11.4 Å². The van der Waals surface area contributed by atoms with Gasteiger partial charge in [-0.2, -0.15) is 0 Å². The van der Waals surface area contributed by atoms with Crippen molar-refractivity contribution in [3.8, 4) is 5.75 Å². The fraction of sp³-hybridized carbons (Fsp3) is 0.533. The minimum absolute atomic E-state index is 0. The Bertz CT molecular complexity index is 1300. The van der Waals surface area contributed by atoms with E-state index in [0.717, 1.165) is 24.1 Å². The molecule has 40 heavy (non-hydrogen) atoms. The molecule has 5 rings (SSSR count). The quantitative estimate of drug-likeness (QED) is 0.333. The van der Waals surface area contributed by atoms with Crippen molar-refractivity contribution in [3.05, 3.63) is 52.3 Å². The molecule has 10 heteroatoms. The number of nitrogens with one attached hydrogen (secondary N) is 1. The molecule has 1 aliphatic carbocycles. The molecule has 0 radical (unpaired) electrons. The molecule has 9 nitrogen and oxygen atoms in total. The number of esters is 1. The Labute approximate surface area is 241 Å². The van der Waals surface area contributed by atoms with E-state index in [1.807, 2.05) is 31.7 Å². The molecule has 1 aromatic heterocycles. The summed E-state index contributed by atoms with van der Waals surface area (Å²) in [5, 5.41) is 20.0. The number of aromatic hydroxyl groups is 1. The topological polar surface area (TPSA) is 116 Å². The summed E-state index contributed by atoms with van der Waals surface area (Å²) in [4.78, 5) is 33.8. The molecular formula is C30H39ClN4O5. The van der Waals surface area contributed by atoms with Gasteiger partial charge in [-0.25, -0.2) is 9.78 Å². The number of amidine groups is 1. The number of halogens is 1. The maximum absolute atomic E-state index is 13.6. The van der Waals surface area contributed by atoms with Crippen LogP contribution in [0.4, 0.5) is 5.69 Å². The smallest absolute Gasteiger partial charge is 0.332 e. The van der Waals surface area contributed by atoms with Crippen molar-refractivity contribution in [1.82, 2.24) is 9.88 Å². The van der Waals surface area contributed by atoms with Crippen LogP contribution in [0.3, 0.4) is 0 Å². The summed E-state index contributed by atoms with van der Waals surface area (Å²) in [6, 6.07) is 7.62. The lowest BCUT2D eigenvalue weighted by Gasteiger charge is -2.27. The number of phenols is 1. The van der Waals surface area contributed by atoms with Crippen molar-refractivity contribution in [3.63, 3.8) is 0 Å². The molecular weight excluding hydrogens is 532 g/mol. The molecule has 1 saturated heterocycles. The molecule has 0 amide bonds. The lowest BCUT2D eigenvalue weighted by molar-refractivity contribution is -0.150. The maximum atomic E-state index is 13.6. The number of benzene rings is 1. The number of carbonyl (C=O) groups is 2. The number of ketones is 1. The number of rotatable bonds is 9. The SMILES string of the molecule is CCOC(=O)COC1CCN(c2cc(C(=O)CN3Cc4ccc(C5CC5)nc4C3=N)cc(C(C)(C)C)c2O)C1.Cl. The van der Waals surface area contributed by atoms with Crippen LogP contribution in [-0.2, 0) is 26.2 Å². The van der Waals surface area contributed by atoms with Crippen molar-refractivity contribution in [1.29, 1.82) is 5.41 Å². The Morgan fingerprint density at radius 1 is 1.18 bits per heavy atom. The van der Waals surface area contributed by atoms with E-state index in [9.17, 15) is 14.7 Å². The summed E-state index contributed by atoms with van der Waals surface area (Å²) in [6.45, 7) is 9.65. The van der Waals surface area contributed by atoms with E-state index in [-0.39, 0.29) is 49.0 Å². The Balaban J connectivity index is 0.00000370. The Hall–Kier alpha value is -3.17. The van der Waals surface area contributed by atoms with E-state index in [1.54, 1.807) is 24.0 Å². The fourth-order valence-corrected chi connectivity index (χ4v) is 5.34. The molecule has 2 N–H and O–H groups in total. The third-order valence-corrected chi connectivity index (χ3v) is 7.68. The summed E-state index contributed by atoms with van der Waals surface area (Å²) < 4.78 is 10.7. The van der Waals surface area contributed by atoms with E-state index in [4.69, 9.17) is 19.9 Å². The van der Waals surface area contributed by atoms with Gasteiger partial charge in [-0.05, 0) is 49.8 Å². The number of fused-ring (bicyclic) bond motifs is 1. The highest BCUT2D eigenvalue weighted by atomic mass is 35.5. The van der Waals surface area contributed by atoms with Crippen LogP contribution in [-0.4, -0.2) is 71.5 Å². The van der Waals surface area contributed by atoms with Gasteiger partial charge in [0.1, 0.15) is 23.9 Å². The van der Waals surface area contributed by atoms with Crippen LogP contribution >= 0.6 is 12.4 Å². The average Bonchev–Trinajstić information content (AvgIpc) is 3.56. The first-order valence-electron chi connectivity index (χ1n) is 13.8. The minimum atomic E-state index is -0.394. The summed E-state index contributed by atoms with van der Waals surface area (Å²) in [5.41, 5.74) is 4.08. The number of carbonyl (C=O) groups excluding carboxylic acids is 2. The maximum Gasteiger partial charge on any atom is 0.332 e. The molecule has 3 aliphatic rings. The van der Waals surface area contributed by atoms with Gasteiger partial charge in [-0.3, -0.25) is 10.2 Å². The average molecular weight is 571 g/mol. The van der Waals surface area contributed by atoms with Crippen molar-refractivity contribution >= 4 is 35.7 Å². The van der Waals surface area contributed by atoms with Gasteiger partial charge in [0.15, 0.2) is 5.78 Å². The van der Waals surface area contributed by atoms with Crippen LogP contribution in [0.5, 0.6) is 5.75 Å². The van der Waals surface area contributed by atoms with Gasteiger partial charge >= 0.3 is 5.97 Å². The predicted molar refractivity (Wildman–Crippen MR) is 155 cm³/mol. The summed E-state index contributed by atoms with van der Waals surface area (Å²) >= 11 is 0. The summed E-state index contributed by atoms with van der Waals surface area (Å²) in [5.74, 6) is 0.442. The lowest BCUT2D eigenvalue weighted by Crippen LogP contribution is -2.31. The van der Waals surface area contributed by atoms with E-state index in [0.29, 0.717) is 61.1 Å². The molecule has 1 aromatic carbocycles. The van der Waals surface area contributed by atoms with Crippen molar-refractivity contribution in [2.45, 2.75) is 70.9 Å². The second-order valence-corrected chi connectivity index (χ2v) is 11.8. The van der Waals surface area contributed by atoms with E-state index in [2.05, 4.69) is 6.07 Å². The first kappa shape index (κ1) is 29.8. The Morgan fingerprint density at radius 3 is 2.60 bits per heavy atom. The number of ether oxygens (including phenoxy) is 2. The standard InChI is InChI=1S/C30H38N4O5.ClH/c1-5-38-26(36)17-39-21-10-11-33(15-21)24-13-20(12-22(28(24)37)30(2,3)4)25(35)16-34-14-19-8-9-23(18-6-7-18)32-27(19)29(34)31;/h8-9,12-13,18,21,31,37H,5-7,10-11,14-17H2,1-4H3;1H. The molecule has 0 spiro atoms. The lowest BCUT2D eigenvalue weighted by atomic mass is 9.84. The molecule has 216 valence electrons. The van der Waals surface area contributed by atoms with Crippen molar-refractivity contribution in [2.75, 3.05) is 37.7 Å². The molecule has 2 fully saturated rings. The van der Waals surface area contributed by atoms with Gasteiger partial charge in [0.25, 0.3) is 0 Å². The number of pyridine rings is 1. The van der Waals surface area contributed by atoms with Gasteiger partial charge in [0, 0.05) is 47.9 Å². The fourth-order valence-electron chi connectivity index (χ4n) is 5.34. The van der Waals surface area contributed by atoms with Gasteiger partial charge in [-0.15, -0.1) is 12.4 Å². The summed E-state index contributed by atoms with van der Waals surface area (Å²) in [6.07, 6.45) is 2.81. The van der Waals surface area contributed by atoms with Gasteiger partial charge in [0.05, 0.1) is 24.9 Å². The summed E-state index contributed by atoms with van der Waals surface area (Å²) in [7, 11) is 0. The zero-order valence-electron chi connectivity index (χ0n) is 23.7. The first-order chi connectivity index (χ1) is 18.5. The Kier molecular flexibility index (Phi) is 8.75. The van der Waals surface area contributed by atoms with Gasteiger partial charge in [0.2, 0.25) is 0 Å². The second-order valence-electron chi connectivity index (χ2n) is 11.8. The zero-order valence-corrected chi connectivity index (χ0v) is 24.5. The molecule has 2 aromatic rings. The van der Waals surface area contributed by atoms with Gasteiger partial charge < -0.3 is 24.4 Å². The Morgan fingerprint density at radius 2 is 1.93 bits per heavy atom. The van der Waals surface area contributed by atoms with Gasteiger partial charge in [-0.1, -0.05) is 26.8 Å². The first-order valence-corrected chi connectivity index (χ1v) is 13.8. The largest absolute Gasteiger partial charge is 0.505 e. The number of nitrogens with zero attached hydrogens (tertiary/aromatic N) is 3. The third-order valence-electron chi connectivity index (χ3n) is 7.68. The number of Topliss-reactive ketones (excluding diaryl/α,β-unsaturated/α-hetero) is 1. The predicted octanol–water partition coefficient (Wildman–Crippen LogP) is 4.57. The highest BCUT2D eigenvalue weighted by molar-refractivity contribution is 6.05. The van der Waals surface area contributed by atoms with Crippen LogP contribution in [0.15, 0.2) is 24.3 Å². The van der Waals surface area contributed by atoms with Crippen LogP contribution < -0.4 is 4.90 Å². The van der Waals surface area contributed by atoms with Crippen LogP contribution in [0.2, 0.25) is 0 Å².